The van der Waals surface area contributed by atoms with E-state index < -0.39 is 10.0 Å². The Balaban J connectivity index is 2.44. The lowest BCUT2D eigenvalue weighted by molar-refractivity contribution is -0.133. The van der Waals surface area contributed by atoms with Crippen molar-refractivity contribution >= 4 is 15.9 Å². The first kappa shape index (κ1) is 16.4. The molecule has 1 heterocycles. The first-order valence-corrected chi connectivity index (χ1v) is 8.72. The van der Waals surface area contributed by atoms with Crippen LogP contribution in [0.3, 0.4) is 0 Å². The van der Waals surface area contributed by atoms with Gasteiger partial charge in [-0.3, -0.25) is 4.79 Å². The zero-order chi connectivity index (χ0) is 14.4. The molecule has 0 saturated carbocycles. The molecule has 6 nitrogen and oxygen atoms in total. The van der Waals surface area contributed by atoms with Crippen LogP contribution in [-0.2, 0) is 14.8 Å². The van der Waals surface area contributed by atoms with Crippen molar-refractivity contribution in [1.82, 2.24) is 15.4 Å². The molecular formula is C12H25N3O3S. The van der Waals surface area contributed by atoms with Crippen LogP contribution in [-0.4, -0.2) is 46.8 Å². The van der Waals surface area contributed by atoms with Crippen molar-refractivity contribution in [3.63, 3.8) is 0 Å². The van der Waals surface area contributed by atoms with Crippen LogP contribution in [0.5, 0.6) is 0 Å². The van der Waals surface area contributed by atoms with Crippen LogP contribution in [0.25, 0.3) is 0 Å². The molecule has 1 aliphatic rings. The second kappa shape index (κ2) is 7.21. The Morgan fingerprint density at radius 3 is 2.42 bits per heavy atom. The third-order valence-electron chi connectivity index (χ3n) is 3.55. The lowest BCUT2D eigenvalue weighted by Crippen LogP contribution is -2.48. The fourth-order valence-electron chi connectivity index (χ4n) is 2.57. The van der Waals surface area contributed by atoms with E-state index >= 15 is 0 Å². The summed E-state index contributed by atoms with van der Waals surface area (Å²) >= 11 is 0. The van der Waals surface area contributed by atoms with Crippen LogP contribution in [0.2, 0.25) is 0 Å². The Kier molecular flexibility index (Phi) is 6.22. The molecule has 0 bridgehead atoms. The van der Waals surface area contributed by atoms with Gasteiger partial charge in [0.25, 0.3) is 0 Å². The molecule has 3 N–H and O–H groups in total. The highest BCUT2D eigenvalue weighted by Gasteiger charge is 2.38. The maximum atomic E-state index is 12.3. The number of hydrogen-bond acceptors (Lipinski definition) is 4. The molecule has 0 radical (unpaired) electrons. The molecule has 0 aromatic heterocycles. The zero-order valence-corrected chi connectivity index (χ0v) is 12.6. The van der Waals surface area contributed by atoms with Gasteiger partial charge in [0.05, 0.1) is 11.7 Å². The monoisotopic (exact) mass is 291 g/mol. The fraction of sp³-hybridized carbons (Fsp3) is 0.917. The summed E-state index contributed by atoms with van der Waals surface area (Å²) in [6.07, 6.45) is 4.69. The van der Waals surface area contributed by atoms with Crippen molar-refractivity contribution in [3.05, 3.63) is 0 Å². The van der Waals surface area contributed by atoms with Gasteiger partial charge in [0.15, 0.2) is 0 Å². The lowest BCUT2D eigenvalue weighted by Gasteiger charge is -2.36. The third kappa shape index (κ3) is 5.46. The van der Waals surface area contributed by atoms with Crippen molar-refractivity contribution in [2.75, 3.05) is 32.4 Å². The average Bonchev–Trinajstić information content (AvgIpc) is 2.34. The summed E-state index contributed by atoms with van der Waals surface area (Å²) in [6, 6.07) is 0. The molecule has 1 saturated heterocycles. The van der Waals surface area contributed by atoms with Gasteiger partial charge in [-0.2, -0.15) is 0 Å². The molecule has 1 aliphatic heterocycles. The Morgan fingerprint density at radius 1 is 1.26 bits per heavy atom. The topological polar surface area (TPSA) is 87.3 Å². The second-order valence-corrected chi connectivity index (χ2v) is 7.04. The van der Waals surface area contributed by atoms with E-state index in [-0.39, 0.29) is 17.9 Å². The third-order valence-corrected chi connectivity index (χ3v) is 4.27. The molecule has 7 heteroatoms. The van der Waals surface area contributed by atoms with Crippen LogP contribution >= 0.6 is 0 Å². The van der Waals surface area contributed by atoms with Crippen LogP contribution in [0.4, 0.5) is 0 Å². The van der Waals surface area contributed by atoms with Crippen LogP contribution in [0.15, 0.2) is 0 Å². The molecular weight excluding hydrogens is 266 g/mol. The molecule has 0 atom stereocenters. The number of hydrogen-bond donors (Lipinski definition) is 3. The quantitative estimate of drug-likeness (QED) is 0.568. The van der Waals surface area contributed by atoms with Gasteiger partial charge < -0.3 is 10.6 Å². The molecule has 1 rings (SSSR count). The molecule has 1 amide bonds. The molecule has 0 aromatic rings. The summed E-state index contributed by atoms with van der Waals surface area (Å²) in [4.78, 5) is 12.3. The minimum absolute atomic E-state index is 0.0613. The highest BCUT2D eigenvalue weighted by atomic mass is 32.2. The SMILES string of the molecule is CCCC1(C(=O)NCCNS(C)(=O)=O)CCNCC1. The smallest absolute Gasteiger partial charge is 0.226 e. The second-order valence-electron chi connectivity index (χ2n) is 5.20. The van der Waals surface area contributed by atoms with E-state index in [1.54, 1.807) is 0 Å². The average molecular weight is 291 g/mol. The standard InChI is InChI=1S/C12H25N3O3S/c1-3-4-12(5-7-13-8-6-12)11(16)14-9-10-15-19(2,17)18/h13,15H,3-10H2,1-2H3,(H,14,16). The van der Waals surface area contributed by atoms with Crippen molar-refractivity contribution in [2.45, 2.75) is 32.6 Å². The molecule has 0 aliphatic carbocycles. The summed E-state index contributed by atoms with van der Waals surface area (Å²) in [7, 11) is -3.18. The van der Waals surface area contributed by atoms with E-state index in [1.165, 1.54) is 0 Å². The highest BCUT2D eigenvalue weighted by Crippen LogP contribution is 2.34. The summed E-state index contributed by atoms with van der Waals surface area (Å²) in [5.41, 5.74) is -0.273. The van der Waals surface area contributed by atoms with Gasteiger partial charge in [0.2, 0.25) is 15.9 Å². The zero-order valence-electron chi connectivity index (χ0n) is 11.8. The first-order valence-electron chi connectivity index (χ1n) is 6.83. The van der Waals surface area contributed by atoms with Gasteiger partial charge in [-0.1, -0.05) is 13.3 Å². The lowest BCUT2D eigenvalue weighted by atomic mass is 9.74. The maximum absolute atomic E-state index is 12.3. The van der Waals surface area contributed by atoms with Crippen LogP contribution in [0, 0.1) is 5.41 Å². The number of rotatable bonds is 7. The van der Waals surface area contributed by atoms with Gasteiger partial charge in [0, 0.05) is 13.1 Å². The van der Waals surface area contributed by atoms with Crippen LogP contribution in [0.1, 0.15) is 32.6 Å². The number of carbonyl (C=O) groups excluding carboxylic acids is 1. The van der Waals surface area contributed by atoms with Crippen molar-refractivity contribution < 1.29 is 13.2 Å². The van der Waals surface area contributed by atoms with Crippen molar-refractivity contribution in [1.29, 1.82) is 0 Å². The van der Waals surface area contributed by atoms with Crippen molar-refractivity contribution in [2.24, 2.45) is 5.41 Å². The van der Waals surface area contributed by atoms with Gasteiger partial charge in [-0.05, 0) is 32.4 Å². The van der Waals surface area contributed by atoms with E-state index in [1.807, 2.05) is 0 Å². The number of sulfonamides is 1. The fourth-order valence-corrected chi connectivity index (χ4v) is 3.05. The van der Waals surface area contributed by atoms with Crippen molar-refractivity contribution in [3.8, 4) is 0 Å². The van der Waals surface area contributed by atoms with Gasteiger partial charge >= 0.3 is 0 Å². The van der Waals surface area contributed by atoms with E-state index in [0.717, 1.165) is 45.0 Å². The molecule has 19 heavy (non-hydrogen) atoms. The van der Waals surface area contributed by atoms with Gasteiger partial charge in [-0.15, -0.1) is 0 Å². The molecule has 1 fully saturated rings. The predicted molar refractivity (Wildman–Crippen MR) is 75.3 cm³/mol. The molecule has 112 valence electrons. The number of nitrogens with one attached hydrogen (secondary N) is 3. The van der Waals surface area contributed by atoms with Crippen LogP contribution < -0.4 is 15.4 Å². The van der Waals surface area contributed by atoms with Gasteiger partial charge in [0.1, 0.15) is 0 Å². The molecule has 0 aromatic carbocycles. The minimum atomic E-state index is -3.18. The summed E-state index contributed by atoms with van der Waals surface area (Å²) < 4.78 is 24.2. The van der Waals surface area contributed by atoms with E-state index in [0.29, 0.717) is 6.54 Å². The predicted octanol–water partition coefficient (Wildman–Crippen LogP) is -0.178. The highest BCUT2D eigenvalue weighted by molar-refractivity contribution is 7.88. The number of piperidine rings is 1. The Morgan fingerprint density at radius 2 is 1.89 bits per heavy atom. The Hall–Kier alpha value is -0.660. The summed E-state index contributed by atoms with van der Waals surface area (Å²) in [5, 5.41) is 6.13. The molecule has 0 unspecified atom stereocenters. The Bertz CT molecular complexity index is 384. The van der Waals surface area contributed by atoms with Gasteiger partial charge in [-0.25, -0.2) is 13.1 Å². The van der Waals surface area contributed by atoms with E-state index in [9.17, 15) is 13.2 Å². The summed E-state index contributed by atoms with van der Waals surface area (Å²) in [6.45, 7) is 4.40. The summed E-state index contributed by atoms with van der Waals surface area (Å²) in [5.74, 6) is 0.0613. The number of carbonyl (C=O) groups is 1. The Labute approximate surface area is 115 Å². The largest absolute Gasteiger partial charge is 0.354 e. The normalized spacial score (nSPS) is 19.1. The minimum Gasteiger partial charge on any atom is -0.354 e. The van der Waals surface area contributed by atoms with E-state index in [4.69, 9.17) is 0 Å². The van der Waals surface area contributed by atoms with E-state index in [2.05, 4.69) is 22.3 Å². The first-order chi connectivity index (χ1) is 8.90. The maximum Gasteiger partial charge on any atom is 0.226 e. The molecule has 0 spiro atoms. The number of amides is 1.